The SMILES string of the molecule is COc1ccc(CCC(=O)NCCc2ccccc2)cc1Br. The lowest BCUT2D eigenvalue weighted by molar-refractivity contribution is -0.121. The maximum atomic E-state index is 11.9. The van der Waals surface area contributed by atoms with E-state index in [0.717, 1.165) is 28.6 Å². The summed E-state index contributed by atoms with van der Waals surface area (Å²) in [4.78, 5) is 11.9. The molecule has 0 heterocycles. The molecule has 0 saturated carbocycles. The molecular weight excluding hydrogens is 342 g/mol. The highest BCUT2D eigenvalue weighted by molar-refractivity contribution is 9.10. The van der Waals surface area contributed by atoms with E-state index in [1.807, 2.05) is 36.4 Å². The van der Waals surface area contributed by atoms with E-state index in [-0.39, 0.29) is 5.91 Å². The molecule has 0 saturated heterocycles. The van der Waals surface area contributed by atoms with Crippen LogP contribution in [0, 0.1) is 0 Å². The first kappa shape index (κ1) is 16.6. The second kappa shape index (κ2) is 8.59. The molecule has 1 amide bonds. The van der Waals surface area contributed by atoms with E-state index in [1.54, 1.807) is 7.11 Å². The van der Waals surface area contributed by atoms with Gasteiger partial charge in [0.15, 0.2) is 0 Å². The van der Waals surface area contributed by atoms with Crippen molar-refractivity contribution in [3.05, 3.63) is 64.1 Å². The van der Waals surface area contributed by atoms with Crippen LogP contribution in [0.3, 0.4) is 0 Å². The van der Waals surface area contributed by atoms with Gasteiger partial charge in [-0.1, -0.05) is 36.4 Å². The van der Waals surface area contributed by atoms with Gasteiger partial charge in [-0.2, -0.15) is 0 Å². The Morgan fingerprint density at radius 1 is 1.09 bits per heavy atom. The van der Waals surface area contributed by atoms with E-state index >= 15 is 0 Å². The summed E-state index contributed by atoms with van der Waals surface area (Å²) in [5.74, 6) is 0.888. The maximum Gasteiger partial charge on any atom is 0.220 e. The summed E-state index contributed by atoms with van der Waals surface area (Å²) in [7, 11) is 1.64. The lowest BCUT2D eigenvalue weighted by atomic mass is 10.1. The summed E-state index contributed by atoms with van der Waals surface area (Å²) >= 11 is 3.46. The normalized spacial score (nSPS) is 10.3. The zero-order valence-corrected chi connectivity index (χ0v) is 14.2. The molecule has 22 heavy (non-hydrogen) atoms. The van der Waals surface area contributed by atoms with Crippen molar-refractivity contribution in [3.8, 4) is 5.75 Å². The lowest BCUT2D eigenvalue weighted by Gasteiger charge is -2.07. The van der Waals surface area contributed by atoms with Gasteiger partial charge in [0.25, 0.3) is 0 Å². The van der Waals surface area contributed by atoms with Crippen molar-refractivity contribution in [2.45, 2.75) is 19.3 Å². The van der Waals surface area contributed by atoms with Crippen LogP contribution in [0.4, 0.5) is 0 Å². The van der Waals surface area contributed by atoms with E-state index in [0.29, 0.717) is 13.0 Å². The van der Waals surface area contributed by atoms with E-state index in [4.69, 9.17) is 4.74 Å². The second-order valence-electron chi connectivity index (χ2n) is 5.05. The Kier molecular flexibility index (Phi) is 6.46. The van der Waals surface area contributed by atoms with Crippen molar-refractivity contribution < 1.29 is 9.53 Å². The minimum absolute atomic E-state index is 0.0860. The van der Waals surface area contributed by atoms with Crippen molar-refractivity contribution in [1.29, 1.82) is 0 Å². The summed E-state index contributed by atoms with van der Waals surface area (Å²) < 4.78 is 6.11. The predicted molar refractivity (Wildman–Crippen MR) is 92.2 cm³/mol. The number of hydrogen-bond acceptors (Lipinski definition) is 2. The molecule has 0 bridgehead atoms. The van der Waals surface area contributed by atoms with Crippen molar-refractivity contribution in [2.75, 3.05) is 13.7 Å². The van der Waals surface area contributed by atoms with Crippen LogP contribution in [0.25, 0.3) is 0 Å². The first-order valence-corrected chi connectivity index (χ1v) is 8.11. The number of methoxy groups -OCH3 is 1. The number of benzene rings is 2. The number of nitrogens with one attached hydrogen (secondary N) is 1. The van der Waals surface area contributed by atoms with Gasteiger partial charge in [-0.05, 0) is 52.0 Å². The molecule has 0 fully saturated rings. The van der Waals surface area contributed by atoms with Gasteiger partial charge in [-0.3, -0.25) is 4.79 Å². The molecule has 0 spiro atoms. The fraction of sp³-hybridized carbons (Fsp3) is 0.278. The van der Waals surface area contributed by atoms with Gasteiger partial charge in [0.1, 0.15) is 5.75 Å². The van der Waals surface area contributed by atoms with Gasteiger partial charge >= 0.3 is 0 Å². The zero-order chi connectivity index (χ0) is 15.8. The number of hydrogen-bond donors (Lipinski definition) is 1. The molecule has 0 aliphatic rings. The summed E-state index contributed by atoms with van der Waals surface area (Å²) in [6.45, 7) is 0.676. The van der Waals surface area contributed by atoms with Crippen LogP contribution in [0.5, 0.6) is 5.75 Å². The zero-order valence-electron chi connectivity index (χ0n) is 12.6. The minimum Gasteiger partial charge on any atom is -0.496 e. The largest absolute Gasteiger partial charge is 0.496 e. The van der Waals surface area contributed by atoms with Crippen LogP contribution in [-0.2, 0) is 17.6 Å². The highest BCUT2D eigenvalue weighted by Gasteiger charge is 2.05. The molecule has 2 rings (SSSR count). The molecule has 2 aromatic carbocycles. The molecule has 0 aliphatic heterocycles. The third-order valence-electron chi connectivity index (χ3n) is 3.44. The first-order chi connectivity index (χ1) is 10.7. The Morgan fingerprint density at radius 3 is 2.55 bits per heavy atom. The molecule has 4 heteroatoms. The van der Waals surface area contributed by atoms with Crippen molar-refractivity contribution in [3.63, 3.8) is 0 Å². The molecule has 1 N–H and O–H groups in total. The summed E-state index contributed by atoms with van der Waals surface area (Å²) in [5, 5.41) is 2.96. The maximum absolute atomic E-state index is 11.9. The Morgan fingerprint density at radius 2 is 1.86 bits per heavy atom. The molecule has 2 aromatic rings. The standard InChI is InChI=1S/C18H20BrNO2/c1-22-17-9-7-15(13-16(17)19)8-10-18(21)20-12-11-14-5-3-2-4-6-14/h2-7,9,13H,8,10-12H2,1H3,(H,20,21). The number of halogens is 1. The van der Waals surface area contributed by atoms with E-state index in [9.17, 15) is 4.79 Å². The third kappa shape index (κ3) is 5.19. The number of aryl methyl sites for hydroxylation is 1. The Hall–Kier alpha value is -1.81. The number of carbonyl (C=O) groups is 1. The lowest BCUT2D eigenvalue weighted by Crippen LogP contribution is -2.25. The molecular formula is C18H20BrNO2. The van der Waals surface area contributed by atoms with Crippen LogP contribution < -0.4 is 10.1 Å². The Labute approximate surface area is 139 Å². The van der Waals surface area contributed by atoms with Gasteiger partial charge in [0, 0.05) is 13.0 Å². The van der Waals surface area contributed by atoms with Crippen LogP contribution in [0.15, 0.2) is 53.0 Å². The predicted octanol–water partition coefficient (Wildman–Crippen LogP) is 3.75. The summed E-state index contributed by atoms with van der Waals surface area (Å²) in [5.41, 5.74) is 2.35. The monoisotopic (exact) mass is 361 g/mol. The van der Waals surface area contributed by atoms with Crippen LogP contribution in [0.1, 0.15) is 17.5 Å². The molecule has 0 aromatic heterocycles. The third-order valence-corrected chi connectivity index (χ3v) is 4.06. The van der Waals surface area contributed by atoms with Crippen LogP contribution >= 0.6 is 15.9 Å². The molecule has 0 unspecified atom stereocenters. The molecule has 0 radical (unpaired) electrons. The quantitative estimate of drug-likeness (QED) is 0.815. The number of ether oxygens (including phenoxy) is 1. The van der Waals surface area contributed by atoms with Crippen LogP contribution in [0.2, 0.25) is 0 Å². The summed E-state index contributed by atoms with van der Waals surface area (Å²) in [6, 6.07) is 16.1. The minimum atomic E-state index is 0.0860. The van der Waals surface area contributed by atoms with Crippen LogP contribution in [-0.4, -0.2) is 19.6 Å². The average Bonchev–Trinajstić information content (AvgIpc) is 2.54. The Balaban J connectivity index is 1.72. The highest BCUT2D eigenvalue weighted by atomic mass is 79.9. The first-order valence-electron chi connectivity index (χ1n) is 7.32. The average molecular weight is 362 g/mol. The molecule has 0 atom stereocenters. The van der Waals surface area contributed by atoms with E-state index in [1.165, 1.54) is 5.56 Å². The number of amides is 1. The van der Waals surface area contributed by atoms with E-state index in [2.05, 4.69) is 33.4 Å². The number of carbonyl (C=O) groups excluding carboxylic acids is 1. The Bertz CT molecular complexity index is 614. The van der Waals surface area contributed by atoms with Gasteiger partial charge in [0.05, 0.1) is 11.6 Å². The fourth-order valence-electron chi connectivity index (χ4n) is 2.20. The van der Waals surface area contributed by atoms with Gasteiger partial charge in [-0.15, -0.1) is 0 Å². The topological polar surface area (TPSA) is 38.3 Å². The smallest absolute Gasteiger partial charge is 0.220 e. The highest BCUT2D eigenvalue weighted by Crippen LogP contribution is 2.25. The summed E-state index contributed by atoms with van der Waals surface area (Å²) in [6.07, 6.45) is 2.08. The fourth-order valence-corrected chi connectivity index (χ4v) is 2.79. The number of rotatable bonds is 7. The van der Waals surface area contributed by atoms with Gasteiger partial charge in [-0.25, -0.2) is 0 Å². The molecule has 116 valence electrons. The molecule has 3 nitrogen and oxygen atoms in total. The van der Waals surface area contributed by atoms with E-state index < -0.39 is 0 Å². The molecule has 0 aliphatic carbocycles. The van der Waals surface area contributed by atoms with Gasteiger partial charge < -0.3 is 10.1 Å². The second-order valence-corrected chi connectivity index (χ2v) is 5.91. The van der Waals surface area contributed by atoms with Gasteiger partial charge in [0.2, 0.25) is 5.91 Å². The van der Waals surface area contributed by atoms with Crippen molar-refractivity contribution in [2.24, 2.45) is 0 Å². The van der Waals surface area contributed by atoms with Crippen molar-refractivity contribution in [1.82, 2.24) is 5.32 Å². The van der Waals surface area contributed by atoms with Crippen molar-refractivity contribution >= 4 is 21.8 Å².